The van der Waals surface area contributed by atoms with E-state index >= 15 is 0 Å². The van der Waals surface area contributed by atoms with Gasteiger partial charge in [-0.05, 0) is 37.3 Å². The van der Waals surface area contributed by atoms with E-state index in [9.17, 15) is 0 Å². The van der Waals surface area contributed by atoms with Gasteiger partial charge in [-0.3, -0.25) is 4.90 Å². The molecular weight excluding hydrogens is 194 g/mol. The van der Waals surface area contributed by atoms with Crippen molar-refractivity contribution in [3.05, 3.63) is 36.0 Å². The molecule has 0 aromatic rings. The normalized spacial score (nSPS) is 23.9. The second-order valence-corrected chi connectivity index (χ2v) is 4.57. The minimum Gasteiger partial charge on any atom is -0.296 e. The SMILES string of the molecule is C=C(C)/C=C1/CCN(C2CC2)CC1=C.CC. The van der Waals surface area contributed by atoms with Crippen LogP contribution in [-0.4, -0.2) is 24.0 Å². The van der Waals surface area contributed by atoms with E-state index < -0.39 is 0 Å². The van der Waals surface area contributed by atoms with Crippen LogP contribution in [0.15, 0.2) is 36.0 Å². The molecule has 2 aliphatic rings. The van der Waals surface area contributed by atoms with Crippen molar-refractivity contribution >= 4 is 0 Å². The van der Waals surface area contributed by atoms with Crippen LogP contribution >= 0.6 is 0 Å². The Bertz CT molecular complexity index is 295. The molecule has 1 heteroatoms. The molecule has 0 atom stereocenters. The Morgan fingerprint density at radius 3 is 2.44 bits per heavy atom. The highest BCUT2D eigenvalue weighted by Gasteiger charge is 2.31. The number of rotatable bonds is 2. The lowest BCUT2D eigenvalue weighted by Gasteiger charge is -2.30. The molecule has 2 rings (SSSR count). The van der Waals surface area contributed by atoms with Gasteiger partial charge in [-0.1, -0.05) is 38.7 Å². The maximum Gasteiger partial charge on any atom is 0.0233 e. The molecule has 0 aromatic carbocycles. The molecule has 0 radical (unpaired) electrons. The van der Waals surface area contributed by atoms with Gasteiger partial charge in [0.05, 0.1) is 0 Å². The molecule has 2 fully saturated rings. The Balaban J connectivity index is 0.000000606. The number of piperidine rings is 1. The first kappa shape index (κ1) is 13.2. The van der Waals surface area contributed by atoms with Gasteiger partial charge in [0.15, 0.2) is 0 Å². The van der Waals surface area contributed by atoms with Gasteiger partial charge in [0.2, 0.25) is 0 Å². The zero-order valence-electron chi connectivity index (χ0n) is 11.1. The minimum atomic E-state index is 0.873. The minimum absolute atomic E-state index is 0.873. The van der Waals surface area contributed by atoms with E-state index in [1.165, 1.54) is 30.5 Å². The van der Waals surface area contributed by atoms with Crippen LogP contribution in [0.1, 0.15) is 40.0 Å². The quantitative estimate of drug-likeness (QED) is 0.680. The Kier molecular flexibility index (Phi) is 5.01. The summed E-state index contributed by atoms with van der Waals surface area (Å²) in [6, 6.07) is 0.873. The van der Waals surface area contributed by atoms with Crippen molar-refractivity contribution < 1.29 is 0 Å². The van der Waals surface area contributed by atoms with Crippen LogP contribution in [0.2, 0.25) is 0 Å². The van der Waals surface area contributed by atoms with Crippen LogP contribution in [0, 0.1) is 0 Å². The molecule has 0 bridgehead atoms. The van der Waals surface area contributed by atoms with Gasteiger partial charge in [-0.15, -0.1) is 0 Å². The van der Waals surface area contributed by atoms with Crippen LogP contribution in [0.4, 0.5) is 0 Å². The molecule has 0 amide bonds. The molecule has 90 valence electrons. The Morgan fingerprint density at radius 2 is 2.00 bits per heavy atom. The lowest BCUT2D eigenvalue weighted by atomic mass is 9.97. The zero-order chi connectivity index (χ0) is 12.1. The lowest BCUT2D eigenvalue weighted by molar-refractivity contribution is 0.275. The summed E-state index contributed by atoms with van der Waals surface area (Å²) in [6.45, 7) is 16.4. The number of hydrogen-bond donors (Lipinski definition) is 0. The fraction of sp³-hybridized carbons (Fsp3) is 0.600. The largest absolute Gasteiger partial charge is 0.296 e. The Morgan fingerprint density at radius 1 is 1.38 bits per heavy atom. The van der Waals surface area contributed by atoms with Crippen LogP contribution in [0.25, 0.3) is 0 Å². The van der Waals surface area contributed by atoms with Gasteiger partial charge in [0.1, 0.15) is 0 Å². The summed E-state index contributed by atoms with van der Waals surface area (Å²) in [6.07, 6.45) is 6.13. The lowest BCUT2D eigenvalue weighted by Crippen LogP contribution is -2.33. The number of allylic oxidation sites excluding steroid dienone is 2. The summed E-state index contributed by atoms with van der Waals surface area (Å²) in [5, 5.41) is 0. The molecule has 0 unspecified atom stereocenters. The van der Waals surface area contributed by atoms with Gasteiger partial charge in [-0.2, -0.15) is 0 Å². The van der Waals surface area contributed by atoms with E-state index in [4.69, 9.17) is 0 Å². The first-order valence-corrected chi connectivity index (χ1v) is 6.45. The third kappa shape index (κ3) is 3.64. The van der Waals surface area contributed by atoms with Crippen molar-refractivity contribution in [3.8, 4) is 0 Å². The van der Waals surface area contributed by atoms with E-state index in [2.05, 4.69) is 24.1 Å². The van der Waals surface area contributed by atoms with Crippen molar-refractivity contribution in [3.63, 3.8) is 0 Å². The van der Waals surface area contributed by atoms with Gasteiger partial charge in [0.25, 0.3) is 0 Å². The number of hydrogen-bond acceptors (Lipinski definition) is 1. The average Bonchev–Trinajstić information content (AvgIpc) is 3.07. The molecule has 1 heterocycles. The maximum absolute atomic E-state index is 4.16. The summed E-state index contributed by atoms with van der Waals surface area (Å²) in [4.78, 5) is 2.57. The Hall–Kier alpha value is -0.820. The van der Waals surface area contributed by atoms with Crippen molar-refractivity contribution in [2.45, 2.75) is 46.1 Å². The molecule has 1 nitrogen and oxygen atoms in total. The molecule has 16 heavy (non-hydrogen) atoms. The van der Waals surface area contributed by atoms with Gasteiger partial charge < -0.3 is 0 Å². The number of nitrogens with zero attached hydrogens (tertiary/aromatic N) is 1. The second kappa shape index (κ2) is 6.05. The smallest absolute Gasteiger partial charge is 0.0233 e. The van der Waals surface area contributed by atoms with Crippen LogP contribution in [0.5, 0.6) is 0 Å². The van der Waals surface area contributed by atoms with Crippen molar-refractivity contribution in [2.24, 2.45) is 0 Å². The van der Waals surface area contributed by atoms with Crippen molar-refractivity contribution in [1.29, 1.82) is 0 Å². The van der Waals surface area contributed by atoms with Crippen LogP contribution in [-0.2, 0) is 0 Å². The van der Waals surface area contributed by atoms with Crippen LogP contribution in [0.3, 0.4) is 0 Å². The molecule has 1 aliphatic heterocycles. The molecule has 1 aliphatic carbocycles. The third-order valence-corrected chi connectivity index (χ3v) is 3.00. The molecule has 0 N–H and O–H groups in total. The summed E-state index contributed by atoms with van der Waals surface area (Å²) < 4.78 is 0. The van der Waals surface area contributed by atoms with E-state index in [1.807, 2.05) is 20.8 Å². The van der Waals surface area contributed by atoms with Crippen LogP contribution < -0.4 is 0 Å². The fourth-order valence-electron chi connectivity index (χ4n) is 2.09. The monoisotopic (exact) mass is 219 g/mol. The molecule has 0 aromatic heterocycles. The average molecular weight is 219 g/mol. The third-order valence-electron chi connectivity index (χ3n) is 3.00. The van der Waals surface area contributed by atoms with E-state index in [0.717, 1.165) is 24.6 Å². The van der Waals surface area contributed by atoms with E-state index in [0.29, 0.717) is 0 Å². The molecule has 1 saturated heterocycles. The topological polar surface area (TPSA) is 3.24 Å². The summed E-state index contributed by atoms with van der Waals surface area (Å²) in [5.74, 6) is 0. The molecular formula is C15H25N. The highest BCUT2D eigenvalue weighted by Crippen LogP contribution is 2.32. The van der Waals surface area contributed by atoms with Crippen molar-refractivity contribution in [1.82, 2.24) is 4.90 Å². The highest BCUT2D eigenvalue weighted by atomic mass is 15.2. The van der Waals surface area contributed by atoms with E-state index in [1.54, 1.807) is 0 Å². The second-order valence-electron chi connectivity index (χ2n) is 4.57. The standard InChI is InChI=1S/C13H19N.C2H6/c1-10(2)8-12-6-7-14(9-11(12)3)13-4-5-13;1-2/h8,13H,1,3-7,9H2,2H3;1-2H3/b12-8-;. The zero-order valence-corrected chi connectivity index (χ0v) is 11.1. The molecule has 1 saturated carbocycles. The summed E-state index contributed by atoms with van der Waals surface area (Å²) in [5.41, 5.74) is 3.85. The predicted octanol–water partition coefficient (Wildman–Crippen LogP) is 3.94. The maximum atomic E-state index is 4.16. The van der Waals surface area contributed by atoms with Gasteiger partial charge in [-0.25, -0.2) is 0 Å². The first-order chi connectivity index (χ1) is 7.66. The van der Waals surface area contributed by atoms with Gasteiger partial charge >= 0.3 is 0 Å². The number of likely N-dealkylation sites (tertiary alicyclic amines) is 1. The fourth-order valence-corrected chi connectivity index (χ4v) is 2.09. The highest BCUT2D eigenvalue weighted by molar-refractivity contribution is 5.37. The summed E-state index contributed by atoms with van der Waals surface area (Å²) in [7, 11) is 0. The Labute approximate surface area is 101 Å². The molecule has 0 spiro atoms. The summed E-state index contributed by atoms with van der Waals surface area (Å²) >= 11 is 0. The van der Waals surface area contributed by atoms with Gasteiger partial charge in [0, 0.05) is 19.1 Å². The predicted molar refractivity (Wildman–Crippen MR) is 72.6 cm³/mol. The first-order valence-electron chi connectivity index (χ1n) is 6.45. The van der Waals surface area contributed by atoms with E-state index in [-0.39, 0.29) is 0 Å². The van der Waals surface area contributed by atoms with Crippen molar-refractivity contribution in [2.75, 3.05) is 13.1 Å².